The van der Waals surface area contributed by atoms with Crippen LogP contribution < -0.4 is 5.73 Å². The van der Waals surface area contributed by atoms with E-state index in [9.17, 15) is 0 Å². The number of nitrogens with two attached hydrogens (primary N) is 1. The van der Waals surface area contributed by atoms with Crippen molar-refractivity contribution in [1.29, 1.82) is 0 Å². The Hall–Kier alpha value is -0.860. The van der Waals surface area contributed by atoms with E-state index in [1.807, 2.05) is 0 Å². The van der Waals surface area contributed by atoms with E-state index in [0.29, 0.717) is 11.5 Å². The second kappa shape index (κ2) is 5.73. The molecule has 1 heterocycles. The van der Waals surface area contributed by atoms with Crippen molar-refractivity contribution in [2.45, 2.75) is 52.0 Å². The van der Waals surface area contributed by atoms with E-state index in [-0.39, 0.29) is 0 Å². The van der Waals surface area contributed by atoms with Crippen LogP contribution in [0.1, 0.15) is 63.1 Å². The maximum Gasteiger partial charge on any atom is 0.0473 e. The molecule has 0 bridgehead atoms. The Kier molecular flexibility index (Phi) is 4.11. The predicted octanol–water partition coefficient (Wildman–Crippen LogP) is 3.93. The van der Waals surface area contributed by atoms with Crippen LogP contribution >= 0.6 is 0 Å². The van der Waals surface area contributed by atoms with Crippen LogP contribution in [0.15, 0.2) is 24.3 Å². The quantitative estimate of drug-likeness (QED) is 0.908. The molecule has 1 saturated heterocycles. The molecule has 2 heteroatoms. The molecule has 2 fully saturated rings. The molecule has 2 N–H and O–H groups in total. The van der Waals surface area contributed by atoms with E-state index in [0.717, 1.165) is 18.4 Å². The molecular formula is C19H30N2. The summed E-state index contributed by atoms with van der Waals surface area (Å²) in [6.07, 6.45) is 4.03. The van der Waals surface area contributed by atoms with Crippen molar-refractivity contribution in [3.63, 3.8) is 0 Å². The third kappa shape index (κ3) is 3.17. The van der Waals surface area contributed by atoms with Gasteiger partial charge in [-0.3, -0.25) is 4.90 Å². The molecule has 3 rings (SSSR count). The Balaban J connectivity index is 1.80. The smallest absolute Gasteiger partial charge is 0.0473 e. The molecular weight excluding hydrogens is 256 g/mol. The van der Waals surface area contributed by atoms with Crippen LogP contribution in [0.4, 0.5) is 0 Å². The standard InChI is InChI=1S/C19H30N2/c1-19(2,3)15-10-11-21(13-15)18(12-20)17-7-5-4-6-16(17)14-8-9-14/h4-7,14-15,18H,8-13,20H2,1-3H3. The van der Waals surface area contributed by atoms with Gasteiger partial charge in [-0.2, -0.15) is 0 Å². The van der Waals surface area contributed by atoms with Gasteiger partial charge in [-0.15, -0.1) is 0 Å². The van der Waals surface area contributed by atoms with Gasteiger partial charge in [0.25, 0.3) is 0 Å². The summed E-state index contributed by atoms with van der Waals surface area (Å²) in [6, 6.07) is 9.42. The van der Waals surface area contributed by atoms with Crippen molar-refractivity contribution in [2.75, 3.05) is 19.6 Å². The average molecular weight is 286 g/mol. The zero-order valence-electron chi connectivity index (χ0n) is 13.8. The Morgan fingerprint density at radius 1 is 1.19 bits per heavy atom. The van der Waals surface area contributed by atoms with Crippen LogP contribution in [0, 0.1) is 11.3 Å². The molecule has 2 aliphatic rings. The minimum atomic E-state index is 0.407. The van der Waals surface area contributed by atoms with Crippen molar-refractivity contribution >= 4 is 0 Å². The molecule has 116 valence electrons. The van der Waals surface area contributed by atoms with E-state index in [1.165, 1.54) is 37.9 Å². The Bertz CT molecular complexity index is 485. The van der Waals surface area contributed by atoms with Gasteiger partial charge >= 0.3 is 0 Å². The minimum absolute atomic E-state index is 0.407. The van der Waals surface area contributed by atoms with E-state index in [2.05, 4.69) is 49.9 Å². The van der Waals surface area contributed by atoms with Crippen molar-refractivity contribution in [2.24, 2.45) is 17.1 Å². The maximum atomic E-state index is 6.19. The third-order valence-corrected chi connectivity index (χ3v) is 5.48. The summed E-state index contributed by atoms with van der Waals surface area (Å²) in [5, 5.41) is 0. The number of rotatable bonds is 4. The third-order valence-electron chi connectivity index (χ3n) is 5.48. The Morgan fingerprint density at radius 3 is 2.48 bits per heavy atom. The molecule has 0 amide bonds. The molecule has 1 saturated carbocycles. The molecule has 1 aromatic rings. The van der Waals surface area contributed by atoms with Gasteiger partial charge in [-0.05, 0) is 54.2 Å². The van der Waals surface area contributed by atoms with E-state index < -0.39 is 0 Å². The van der Waals surface area contributed by atoms with Crippen LogP contribution in [0.25, 0.3) is 0 Å². The molecule has 1 aromatic carbocycles. The van der Waals surface area contributed by atoms with Gasteiger partial charge in [-0.25, -0.2) is 0 Å². The first-order valence-electron chi connectivity index (χ1n) is 8.53. The maximum absolute atomic E-state index is 6.19. The normalized spacial score (nSPS) is 25.2. The molecule has 2 unspecified atom stereocenters. The highest BCUT2D eigenvalue weighted by atomic mass is 15.2. The zero-order chi connectivity index (χ0) is 15.0. The lowest BCUT2D eigenvalue weighted by Gasteiger charge is -2.31. The van der Waals surface area contributed by atoms with Crippen LogP contribution in [-0.4, -0.2) is 24.5 Å². The SMILES string of the molecule is CC(C)(C)C1CCN(C(CN)c2ccccc2C2CC2)C1. The predicted molar refractivity (Wildman–Crippen MR) is 89.3 cm³/mol. The Labute approximate surface area is 129 Å². The fourth-order valence-corrected chi connectivity index (χ4v) is 3.83. The monoisotopic (exact) mass is 286 g/mol. The molecule has 1 aliphatic carbocycles. The lowest BCUT2D eigenvalue weighted by molar-refractivity contribution is 0.197. The van der Waals surface area contributed by atoms with Gasteiger partial charge in [0, 0.05) is 19.1 Å². The van der Waals surface area contributed by atoms with Gasteiger partial charge in [0.05, 0.1) is 0 Å². The summed E-state index contributed by atoms with van der Waals surface area (Å²) >= 11 is 0. The van der Waals surface area contributed by atoms with Crippen molar-refractivity contribution in [3.05, 3.63) is 35.4 Å². The van der Waals surface area contributed by atoms with Gasteiger partial charge in [0.15, 0.2) is 0 Å². The first-order valence-corrected chi connectivity index (χ1v) is 8.53. The molecule has 1 aliphatic heterocycles. The zero-order valence-corrected chi connectivity index (χ0v) is 13.8. The molecule has 21 heavy (non-hydrogen) atoms. The average Bonchev–Trinajstić information content (AvgIpc) is 3.17. The summed E-state index contributed by atoms with van der Waals surface area (Å²) in [5.41, 5.74) is 9.65. The van der Waals surface area contributed by atoms with Crippen LogP contribution in [0.2, 0.25) is 0 Å². The second-order valence-corrected chi connectivity index (χ2v) is 8.00. The van der Waals surface area contributed by atoms with Crippen molar-refractivity contribution < 1.29 is 0 Å². The first kappa shape index (κ1) is 15.1. The van der Waals surface area contributed by atoms with Gasteiger partial charge in [0.1, 0.15) is 0 Å². The summed E-state index contributed by atoms with van der Waals surface area (Å²) in [6.45, 7) is 10.2. The van der Waals surface area contributed by atoms with Gasteiger partial charge in [0.2, 0.25) is 0 Å². The summed E-state index contributed by atoms with van der Waals surface area (Å²) in [5.74, 6) is 1.59. The minimum Gasteiger partial charge on any atom is -0.329 e. The highest BCUT2D eigenvalue weighted by Gasteiger charge is 2.36. The lowest BCUT2D eigenvalue weighted by atomic mass is 9.80. The largest absolute Gasteiger partial charge is 0.329 e. The Morgan fingerprint density at radius 2 is 1.90 bits per heavy atom. The van der Waals surface area contributed by atoms with Crippen LogP contribution in [0.3, 0.4) is 0 Å². The number of benzene rings is 1. The number of hydrogen-bond donors (Lipinski definition) is 1. The fourth-order valence-electron chi connectivity index (χ4n) is 3.83. The van der Waals surface area contributed by atoms with Crippen LogP contribution in [0.5, 0.6) is 0 Å². The molecule has 2 nitrogen and oxygen atoms in total. The summed E-state index contributed by atoms with van der Waals surface area (Å²) < 4.78 is 0. The summed E-state index contributed by atoms with van der Waals surface area (Å²) in [4.78, 5) is 2.64. The molecule has 2 atom stereocenters. The fraction of sp³-hybridized carbons (Fsp3) is 0.684. The molecule has 0 spiro atoms. The van der Waals surface area contributed by atoms with Crippen molar-refractivity contribution in [1.82, 2.24) is 4.90 Å². The lowest BCUT2D eigenvalue weighted by Crippen LogP contribution is -2.34. The van der Waals surface area contributed by atoms with E-state index in [1.54, 1.807) is 5.56 Å². The number of likely N-dealkylation sites (tertiary alicyclic amines) is 1. The molecule has 0 radical (unpaired) electrons. The van der Waals surface area contributed by atoms with Gasteiger partial charge < -0.3 is 5.73 Å². The van der Waals surface area contributed by atoms with Crippen molar-refractivity contribution in [3.8, 4) is 0 Å². The summed E-state index contributed by atoms with van der Waals surface area (Å²) in [7, 11) is 0. The highest BCUT2D eigenvalue weighted by molar-refractivity contribution is 5.36. The van der Waals surface area contributed by atoms with E-state index in [4.69, 9.17) is 5.73 Å². The van der Waals surface area contributed by atoms with Gasteiger partial charge in [-0.1, -0.05) is 45.0 Å². The second-order valence-electron chi connectivity index (χ2n) is 8.00. The van der Waals surface area contributed by atoms with Crippen LogP contribution in [-0.2, 0) is 0 Å². The highest BCUT2D eigenvalue weighted by Crippen LogP contribution is 2.44. The number of nitrogens with zero attached hydrogens (tertiary/aromatic N) is 1. The molecule has 0 aromatic heterocycles. The van der Waals surface area contributed by atoms with E-state index >= 15 is 0 Å². The number of hydrogen-bond acceptors (Lipinski definition) is 2. The topological polar surface area (TPSA) is 29.3 Å². The first-order chi connectivity index (χ1) is 10.0.